The highest BCUT2D eigenvalue weighted by molar-refractivity contribution is 5.22. The fourth-order valence-electron chi connectivity index (χ4n) is 2.32. The van der Waals surface area contributed by atoms with E-state index >= 15 is 0 Å². The number of benzene rings is 1. The van der Waals surface area contributed by atoms with Crippen LogP contribution in [0.1, 0.15) is 38.8 Å². The molecule has 0 aliphatic carbocycles. The van der Waals surface area contributed by atoms with Crippen LogP contribution in [0.25, 0.3) is 0 Å². The van der Waals surface area contributed by atoms with E-state index in [1.807, 2.05) is 0 Å². The van der Waals surface area contributed by atoms with Crippen LogP contribution in [0.15, 0.2) is 24.3 Å². The first kappa shape index (κ1) is 15.2. The molecule has 18 heavy (non-hydrogen) atoms. The third kappa shape index (κ3) is 6.18. The first-order chi connectivity index (χ1) is 8.26. The van der Waals surface area contributed by atoms with Crippen LogP contribution in [0, 0.1) is 5.92 Å². The van der Waals surface area contributed by atoms with E-state index < -0.39 is 0 Å². The zero-order valence-corrected chi connectivity index (χ0v) is 12.5. The SMILES string of the molecule is CC(C)Cc1ccc(CN(C)CC(C)(C)N)cc1. The van der Waals surface area contributed by atoms with E-state index in [1.54, 1.807) is 0 Å². The molecule has 0 saturated carbocycles. The van der Waals surface area contributed by atoms with Crippen molar-refractivity contribution in [2.24, 2.45) is 11.7 Å². The highest BCUT2D eigenvalue weighted by Crippen LogP contribution is 2.12. The summed E-state index contributed by atoms with van der Waals surface area (Å²) in [5, 5.41) is 0. The van der Waals surface area contributed by atoms with Crippen LogP contribution in [-0.4, -0.2) is 24.0 Å². The van der Waals surface area contributed by atoms with Gasteiger partial charge in [0.2, 0.25) is 0 Å². The lowest BCUT2D eigenvalue weighted by molar-refractivity contribution is 0.263. The lowest BCUT2D eigenvalue weighted by atomic mass is 10.0. The van der Waals surface area contributed by atoms with Crippen LogP contribution in [0.3, 0.4) is 0 Å². The second-order valence-corrected chi connectivity index (χ2v) is 6.58. The van der Waals surface area contributed by atoms with Gasteiger partial charge in [-0.2, -0.15) is 0 Å². The third-order valence-corrected chi connectivity index (χ3v) is 2.80. The molecule has 0 heterocycles. The van der Waals surface area contributed by atoms with Gasteiger partial charge in [-0.25, -0.2) is 0 Å². The minimum Gasteiger partial charge on any atom is -0.324 e. The molecule has 1 rings (SSSR count). The van der Waals surface area contributed by atoms with Crippen LogP contribution < -0.4 is 5.73 Å². The Morgan fingerprint density at radius 1 is 1.11 bits per heavy atom. The van der Waals surface area contributed by atoms with Crippen LogP contribution in [-0.2, 0) is 13.0 Å². The number of likely N-dealkylation sites (N-methyl/N-ethyl adjacent to an activating group) is 1. The smallest absolute Gasteiger partial charge is 0.0231 e. The summed E-state index contributed by atoms with van der Waals surface area (Å²) in [6.07, 6.45) is 1.16. The van der Waals surface area contributed by atoms with Crippen molar-refractivity contribution in [3.63, 3.8) is 0 Å². The molecule has 0 aliphatic heterocycles. The average Bonchev–Trinajstić information content (AvgIpc) is 2.17. The first-order valence-electron chi connectivity index (χ1n) is 6.81. The van der Waals surface area contributed by atoms with E-state index in [4.69, 9.17) is 5.73 Å². The molecule has 0 spiro atoms. The average molecular weight is 248 g/mol. The summed E-state index contributed by atoms with van der Waals surface area (Å²) in [4.78, 5) is 2.28. The molecule has 2 nitrogen and oxygen atoms in total. The highest BCUT2D eigenvalue weighted by atomic mass is 15.1. The monoisotopic (exact) mass is 248 g/mol. The second kappa shape index (κ2) is 6.35. The van der Waals surface area contributed by atoms with E-state index in [0.717, 1.165) is 25.4 Å². The van der Waals surface area contributed by atoms with E-state index in [-0.39, 0.29) is 5.54 Å². The Bertz CT molecular complexity index is 346. The molecule has 0 saturated heterocycles. The van der Waals surface area contributed by atoms with Crippen molar-refractivity contribution in [1.82, 2.24) is 4.90 Å². The Morgan fingerprint density at radius 3 is 2.06 bits per heavy atom. The molecule has 1 aromatic rings. The summed E-state index contributed by atoms with van der Waals surface area (Å²) in [6, 6.07) is 8.96. The lowest BCUT2D eigenvalue weighted by Gasteiger charge is -2.26. The molecule has 102 valence electrons. The van der Waals surface area contributed by atoms with Crippen LogP contribution >= 0.6 is 0 Å². The highest BCUT2D eigenvalue weighted by Gasteiger charge is 2.13. The van der Waals surface area contributed by atoms with Crippen molar-refractivity contribution in [2.75, 3.05) is 13.6 Å². The Morgan fingerprint density at radius 2 is 1.61 bits per heavy atom. The molecule has 0 aliphatic rings. The van der Waals surface area contributed by atoms with Gasteiger partial charge < -0.3 is 10.6 Å². The Hall–Kier alpha value is -0.860. The molecule has 1 aromatic carbocycles. The van der Waals surface area contributed by atoms with Gasteiger partial charge in [-0.15, -0.1) is 0 Å². The Labute approximate surface area is 112 Å². The van der Waals surface area contributed by atoms with Gasteiger partial charge in [0.05, 0.1) is 0 Å². The lowest BCUT2D eigenvalue weighted by Crippen LogP contribution is -2.43. The van der Waals surface area contributed by atoms with E-state index in [0.29, 0.717) is 0 Å². The van der Waals surface area contributed by atoms with Crippen LogP contribution in [0.2, 0.25) is 0 Å². The largest absolute Gasteiger partial charge is 0.324 e. The maximum Gasteiger partial charge on any atom is 0.0231 e. The predicted octanol–water partition coefficient (Wildman–Crippen LogP) is 3.05. The zero-order valence-electron chi connectivity index (χ0n) is 12.5. The topological polar surface area (TPSA) is 29.3 Å². The maximum atomic E-state index is 6.03. The van der Waals surface area contributed by atoms with Crippen LogP contribution in [0.4, 0.5) is 0 Å². The van der Waals surface area contributed by atoms with Gasteiger partial charge in [0.1, 0.15) is 0 Å². The second-order valence-electron chi connectivity index (χ2n) is 6.58. The number of rotatable bonds is 6. The first-order valence-corrected chi connectivity index (χ1v) is 6.81. The molecule has 0 fully saturated rings. The summed E-state index contributed by atoms with van der Waals surface area (Å²) in [5.41, 5.74) is 8.68. The molecule has 0 aromatic heterocycles. The molecule has 2 heteroatoms. The van der Waals surface area contributed by atoms with E-state index in [9.17, 15) is 0 Å². The van der Waals surface area contributed by atoms with Gasteiger partial charge in [0, 0.05) is 18.6 Å². The van der Waals surface area contributed by atoms with Crippen molar-refractivity contribution in [3.8, 4) is 0 Å². The predicted molar refractivity (Wildman–Crippen MR) is 79.6 cm³/mol. The molecule has 0 unspecified atom stereocenters. The van der Waals surface area contributed by atoms with Crippen molar-refractivity contribution >= 4 is 0 Å². The molecular formula is C16H28N2. The van der Waals surface area contributed by atoms with Gasteiger partial charge in [0.15, 0.2) is 0 Å². The summed E-state index contributed by atoms with van der Waals surface area (Å²) < 4.78 is 0. The number of hydrogen-bond donors (Lipinski definition) is 1. The zero-order chi connectivity index (χ0) is 13.8. The summed E-state index contributed by atoms with van der Waals surface area (Å²) in [7, 11) is 2.12. The number of nitrogens with zero attached hydrogens (tertiary/aromatic N) is 1. The molecular weight excluding hydrogens is 220 g/mol. The number of nitrogens with two attached hydrogens (primary N) is 1. The molecule has 0 atom stereocenters. The molecule has 0 amide bonds. The molecule has 0 radical (unpaired) electrons. The minimum atomic E-state index is -0.133. The van der Waals surface area contributed by atoms with Crippen molar-refractivity contribution in [2.45, 2.75) is 46.2 Å². The summed E-state index contributed by atoms with van der Waals surface area (Å²) >= 11 is 0. The normalized spacial score (nSPS) is 12.4. The van der Waals surface area contributed by atoms with Crippen molar-refractivity contribution < 1.29 is 0 Å². The fourth-order valence-corrected chi connectivity index (χ4v) is 2.32. The molecule has 0 bridgehead atoms. The minimum absolute atomic E-state index is 0.133. The summed E-state index contributed by atoms with van der Waals surface area (Å²) in [5.74, 6) is 0.719. The summed E-state index contributed by atoms with van der Waals surface area (Å²) in [6.45, 7) is 10.5. The number of hydrogen-bond acceptors (Lipinski definition) is 2. The standard InChI is InChI=1S/C16H28N2/c1-13(2)10-14-6-8-15(9-7-14)11-18(5)12-16(3,4)17/h6-9,13H,10-12,17H2,1-5H3. The van der Waals surface area contributed by atoms with Crippen molar-refractivity contribution in [3.05, 3.63) is 35.4 Å². The Kier molecular flexibility index (Phi) is 5.36. The maximum absolute atomic E-state index is 6.03. The van der Waals surface area contributed by atoms with Gasteiger partial charge >= 0.3 is 0 Å². The van der Waals surface area contributed by atoms with Gasteiger partial charge in [-0.1, -0.05) is 38.1 Å². The van der Waals surface area contributed by atoms with Crippen molar-refractivity contribution in [1.29, 1.82) is 0 Å². The third-order valence-electron chi connectivity index (χ3n) is 2.80. The van der Waals surface area contributed by atoms with E-state index in [1.165, 1.54) is 11.1 Å². The van der Waals surface area contributed by atoms with Crippen LogP contribution in [0.5, 0.6) is 0 Å². The van der Waals surface area contributed by atoms with E-state index in [2.05, 4.69) is 63.9 Å². The quantitative estimate of drug-likeness (QED) is 0.838. The Balaban J connectivity index is 2.53. The molecule has 2 N–H and O–H groups in total. The fraction of sp³-hybridized carbons (Fsp3) is 0.625. The van der Waals surface area contributed by atoms with Gasteiger partial charge in [-0.3, -0.25) is 0 Å². The van der Waals surface area contributed by atoms with Gasteiger partial charge in [-0.05, 0) is 44.4 Å². The van der Waals surface area contributed by atoms with Gasteiger partial charge in [0.25, 0.3) is 0 Å².